The topological polar surface area (TPSA) is 70.6 Å². The quantitative estimate of drug-likeness (QED) is 0.803. The number of carbonyl (C=O) groups excluding carboxylic acids is 1. The van der Waals surface area contributed by atoms with Crippen molar-refractivity contribution < 1.29 is 14.6 Å². The number of anilines is 1. The average Bonchev–Trinajstić information content (AvgIpc) is 2.41. The smallest absolute Gasteiger partial charge is 0.319 e. The second-order valence-corrected chi connectivity index (χ2v) is 5.31. The number of ether oxygens (including phenoxy) is 1. The highest BCUT2D eigenvalue weighted by Crippen LogP contribution is 2.27. The predicted molar refractivity (Wildman–Crippen MR) is 78.4 cm³/mol. The number of nitrogens with one attached hydrogen (secondary N) is 2. The standard InChI is InChI=1S/C14H19ClN2O3/c1-20-13-7-6-9(8-10(13)15)16-14(19)17-11-4-2-3-5-12(11)18/h6-8,11-12,18H,2-5H2,1H3,(H2,16,17,19). The Labute approximate surface area is 123 Å². The predicted octanol–water partition coefficient (Wildman–Crippen LogP) is 2.77. The molecule has 0 aliphatic heterocycles. The maximum Gasteiger partial charge on any atom is 0.319 e. The van der Waals surface area contributed by atoms with E-state index < -0.39 is 6.10 Å². The summed E-state index contributed by atoms with van der Waals surface area (Å²) in [6.45, 7) is 0. The van der Waals surface area contributed by atoms with Gasteiger partial charge in [-0.25, -0.2) is 4.79 Å². The fraction of sp³-hybridized carbons (Fsp3) is 0.500. The van der Waals surface area contributed by atoms with Crippen LogP contribution in [0.25, 0.3) is 0 Å². The van der Waals surface area contributed by atoms with E-state index in [2.05, 4.69) is 10.6 Å². The van der Waals surface area contributed by atoms with E-state index in [0.717, 1.165) is 25.7 Å². The molecule has 0 spiro atoms. The third-order valence-corrected chi connectivity index (χ3v) is 3.75. The SMILES string of the molecule is COc1ccc(NC(=O)NC2CCCCC2O)cc1Cl. The van der Waals surface area contributed by atoms with Crippen molar-refractivity contribution in [3.63, 3.8) is 0 Å². The maximum absolute atomic E-state index is 11.9. The molecule has 0 heterocycles. The number of hydrogen-bond donors (Lipinski definition) is 3. The summed E-state index contributed by atoms with van der Waals surface area (Å²) in [6, 6.07) is 4.50. The fourth-order valence-corrected chi connectivity index (χ4v) is 2.62. The minimum absolute atomic E-state index is 0.183. The Morgan fingerprint density at radius 1 is 1.40 bits per heavy atom. The molecule has 1 aliphatic rings. The van der Waals surface area contributed by atoms with Crippen LogP contribution < -0.4 is 15.4 Å². The maximum atomic E-state index is 11.9. The number of carbonyl (C=O) groups is 1. The summed E-state index contributed by atoms with van der Waals surface area (Å²) in [5.41, 5.74) is 0.582. The molecule has 0 bridgehead atoms. The van der Waals surface area contributed by atoms with Gasteiger partial charge in [0, 0.05) is 5.69 Å². The Morgan fingerprint density at radius 2 is 2.15 bits per heavy atom. The molecule has 20 heavy (non-hydrogen) atoms. The molecule has 1 aromatic carbocycles. The molecule has 3 N–H and O–H groups in total. The molecule has 5 nitrogen and oxygen atoms in total. The fourth-order valence-electron chi connectivity index (χ4n) is 2.36. The molecule has 110 valence electrons. The Morgan fingerprint density at radius 3 is 2.80 bits per heavy atom. The van der Waals surface area contributed by atoms with Gasteiger partial charge in [-0.2, -0.15) is 0 Å². The van der Waals surface area contributed by atoms with Gasteiger partial charge in [0.15, 0.2) is 0 Å². The van der Waals surface area contributed by atoms with E-state index in [4.69, 9.17) is 16.3 Å². The Kier molecular flexibility index (Phi) is 5.09. The minimum Gasteiger partial charge on any atom is -0.495 e. The molecule has 2 rings (SSSR count). The monoisotopic (exact) mass is 298 g/mol. The van der Waals surface area contributed by atoms with Gasteiger partial charge in [0.05, 0.1) is 24.3 Å². The molecule has 1 fully saturated rings. The number of aliphatic hydroxyl groups is 1. The third-order valence-electron chi connectivity index (χ3n) is 3.46. The number of urea groups is 1. The van der Waals surface area contributed by atoms with Crippen molar-refractivity contribution in [2.75, 3.05) is 12.4 Å². The first-order chi connectivity index (χ1) is 9.60. The van der Waals surface area contributed by atoms with Crippen molar-refractivity contribution in [3.8, 4) is 5.75 Å². The number of halogens is 1. The number of rotatable bonds is 3. The Balaban J connectivity index is 1.92. The summed E-state index contributed by atoms with van der Waals surface area (Å²) in [5, 5.41) is 15.7. The molecule has 6 heteroatoms. The van der Waals surface area contributed by atoms with Gasteiger partial charge >= 0.3 is 6.03 Å². The minimum atomic E-state index is -0.464. The van der Waals surface area contributed by atoms with Gasteiger partial charge in [-0.15, -0.1) is 0 Å². The molecule has 0 saturated heterocycles. The highest BCUT2D eigenvalue weighted by atomic mass is 35.5. The van der Waals surface area contributed by atoms with E-state index in [9.17, 15) is 9.90 Å². The second-order valence-electron chi connectivity index (χ2n) is 4.91. The second kappa shape index (κ2) is 6.81. The van der Waals surface area contributed by atoms with E-state index in [1.807, 2.05) is 0 Å². The number of methoxy groups -OCH3 is 1. The largest absolute Gasteiger partial charge is 0.495 e. The zero-order valence-electron chi connectivity index (χ0n) is 11.4. The molecule has 2 amide bonds. The number of aliphatic hydroxyl groups excluding tert-OH is 1. The molecule has 1 aliphatic carbocycles. The Hall–Kier alpha value is -1.46. The van der Waals surface area contributed by atoms with Crippen LogP contribution in [0.5, 0.6) is 5.75 Å². The summed E-state index contributed by atoms with van der Waals surface area (Å²) in [5.74, 6) is 0.556. The van der Waals surface area contributed by atoms with Gasteiger partial charge in [-0.3, -0.25) is 0 Å². The third kappa shape index (κ3) is 3.77. The number of hydrogen-bond acceptors (Lipinski definition) is 3. The lowest BCUT2D eigenvalue weighted by Crippen LogP contribution is -2.46. The summed E-state index contributed by atoms with van der Waals surface area (Å²) < 4.78 is 5.05. The lowest BCUT2D eigenvalue weighted by Gasteiger charge is -2.28. The van der Waals surface area contributed by atoms with Gasteiger partial charge in [-0.05, 0) is 31.0 Å². The molecule has 1 saturated carbocycles. The van der Waals surface area contributed by atoms with Gasteiger partial charge in [0.25, 0.3) is 0 Å². The first-order valence-electron chi connectivity index (χ1n) is 6.69. The molecule has 0 radical (unpaired) electrons. The van der Waals surface area contributed by atoms with Crippen molar-refractivity contribution in [1.82, 2.24) is 5.32 Å². The first-order valence-corrected chi connectivity index (χ1v) is 7.07. The van der Waals surface area contributed by atoms with Crippen LogP contribution in [-0.4, -0.2) is 30.4 Å². The zero-order chi connectivity index (χ0) is 14.5. The van der Waals surface area contributed by atoms with Gasteiger partial charge in [0.2, 0.25) is 0 Å². The zero-order valence-corrected chi connectivity index (χ0v) is 12.1. The molecular formula is C14H19ClN2O3. The summed E-state index contributed by atoms with van der Waals surface area (Å²) in [6.07, 6.45) is 3.11. The van der Waals surface area contributed by atoms with E-state index in [-0.39, 0.29) is 12.1 Å². The van der Waals surface area contributed by atoms with Crippen LogP contribution in [0, 0.1) is 0 Å². The summed E-state index contributed by atoms with van der Waals surface area (Å²) >= 11 is 5.99. The van der Waals surface area contributed by atoms with Gasteiger partial charge < -0.3 is 20.5 Å². The van der Waals surface area contributed by atoms with Crippen LogP contribution in [0.2, 0.25) is 5.02 Å². The normalized spacial score (nSPS) is 22.1. The van der Waals surface area contributed by atoms with Crippen LogP contribution >= 0.6 is 11.6 Å². The van der Waals surface area contributed by atoms with Crippen LogP contribution in [0.1, 0.15) is 25.7 Å². The van der Waals surface area contributed by atoms with Crippen molar-refractivity contribution >= 4 is 23.3 Å². The van der Waals surface area contributed by atoms with E-state index in [1.54, 1.807) is 18.2 Å². The Bertz CT molecular complexity index is 481. The van der Waals surface area contributed by atoms with Gasteiger partial charge in [-0.1, -0.05) is 24.4 Å². The highest BCUT2D eigenvalue weighted by Gasteiger charge is 2.24. The number of amides is 2. The van der Waals surface area contributed by atoms with Crippen molar-refractivity contribution in [2.45, 2.75) is 37.8 Å². The molecular weight excluding hydrogens is 280 g/mol. The lowest BCUT2D eigenvalue weighted by atomic mass is 9.93. The highest BCUT2D eigenvalue weighted by molar-refractivity contribution is 6.32. The molecule has 1 aromatic rings. The summed E-state index contributed by atoms with van der Waals surface area (Å²) in [7, 11) is 1.53. The van der Waals surface area contributed by atoms with Gasteiger partial charge in [0.1, 0.15) is 5.75 Å². The van der Waals surface area contributed by atoms with Crippen molar-refractivity contribution in [2.24, 2.45) is 0 Å². The first kappa shape index (κ1) is 14.9. The van der Waals surface area contributed by atoms with Crippen molar-refractivity contribution in [1.29, 1.82) is 0 Å². The average molecular weight is 299 g/mol. The van der Waals surface area contributed by atoms with Crippen LogP contribution in [0.15, 0.2) is 18.2 Å². The van der Waals surface area contributed by atoms with Crippen molar-refractivity contribution in [3.05, 3.63) is 23.2 Å². The number of benzene rings is 1. The van der Waals surface area contributed by atoms with Crippen LogP contribution in [0.4, 0.5) is 10.5 Å². The van der Waals surface area contributed by atoms with E-state index in [1.165, 1.54) is 7.11 Å². The van der Waals surface area contributed by atoms with Crippen LogP contribution in [0.3, 0.4) is 0 Å². The molecule has 0 aromatic heterocycles. The van der Waals surface area contributed by atoms with E-state index in [0.29, 0.717) is 16.5 Å². The molecule has 2 atom stereocenters. The van der Waals surface area contributed by atoms with Crippen LogP contribution in [-0.2, 0) is 0 Å². The molecule has 2 unspecified atom stereocenters. The summed E-state index contributed by atoms with van der Waals surface area (Å²) in [4.78, 5) is 11.9. The van der Waals surface area contributed by atoms with E-state index >= 15 is 0 Å². The lowest BCUT2D eigenvalue weighted by molar-refractivity contribution is 0.0955.